The lowest BCUT2D eigenvalue weighted by molar-refractivity contribution is 0.0474. The molecule has 0 unspecified atom stereocenters. The van der Waals surface area contributed by atoms with Crippen molar-refractivity contribution in [3.8, 4) is 0 Å². The third-order valence-electron chi connectivity index (χ3n) is 3.14. The van der Waals surface area contributed by atoms with Crippen LogP contribution in [0.1, 0.15) is 15.9 Å². The molecule has 0 saturated carbocycles. The number of hydrogen-bond acceptors (Lipinski definition) is 3. The maximum absolute atomic E-state index is 11.9. The van der Waals surface area contributed by atoms with Crippen LogP contribution in [0.5, 0.6) is 0 Å². The van der Waals surface area contributed by atoms with Crippen molar-refractivity contribution in [2.75, 3.05) is 0 Å². The molecule has 0 aliphatic carbocycles. The number of rotatable bonds is 3. The Balaban J connectivity index is 1.79. The zero-order chi connectivity index (χ0) is 13.8. The van der Waals surface area contributed by atoms with Gasteiger partial charge in [0.1, 0.15) is 6.61 Å². The summed E-state index contributed by atoms with van der Waals surface area (Å²) in [6, 6.07) is 17.4. The molecule has 0 aliphatic heterocycles. The Hall–Kier alpha value is -2.68. The van der Waals surface area contributed by atoms with Crippen molar-refractivity contribution in [2.24, 2.45) is 0 Å². The van der Waals surface area contributed by atoms with Gasteiger partial charge >= 0.3 is 5.97 Å². The second-order valence-electron chi connectivity index (χ2n) is 4.46. The number of benzene rings is 2. The van der Waals surface area contributed by atoms with Crippen LogP contribution < -0.4 is 0 Å². The molecule has 0 N–H and O–H groups in total. The lowest BCUT2D eigenvalue weighted by atomic mass is 10.1. The second kappa shape index (κ2) is 5.53. The minimum absolute atomic E-state index is 0.259. The first-order valence-electron chi connectivity index (χ1n) is 6.38. The van der Waals surface area contributed by atoms with Crippen molar-refractivity contribution in [3.05, 3.63) is 78.1 Å². The fourth-order valence-corrected chi connectivity index (χ4v) is 2.13. The average molecular weight is 263 g/mol. The van der Waals surface area contributed by atoms with Crippen LogP contribution in [0.25, 0.3) is 10.8 Å². The molecule has 0 atom stereocenters. The Morgan fingerprint density at radius 3 is 2.70 bits per heavy atom. The number of carbonyl (C=O) groups is 1. The van der Waals surface area contributed by atoms with Crippen LogP contribution in [0, 0.1) is 0 Å². The fraction of sp³-hybridized carbons (Fsp3) is 0.0588. The summed E-state index contributed by atoms with van der Waals surface area (Å²) in [7, 11) is 0. The SMILES string of the molecule is O=C(OCc1cccc2ccccc12)c1cccnc1. The molecule has 2 aromatic carbocycles. The highest BCUT2D eigenvalue weighted by Gasteiger charge is 2.08. The van der Waals surface area contributed by atoms with Crippen molar-refractivity contribution in [1.29, 1.82) is 0 Å². The van der Waals surface area contributed by atoms with Crippen LogP contribution in [-0.4, -0.2) is 11.0 Å². The van der Waals surface area contributed by atoms with Crippen molar-refractivity contribution >= 4 is 16.7 Å². The number of fused-ring (bicyclic) bond motifs is 1. The lowest BCUT2D eigenvalue weighted by Gasteiger charge is -2.07. The Morgan fingerprint density at radius 2 is 1.85 bits per heavy atom. The van der Waals surface area contributed by atoms with E-state index in [0.717, 1.165) is 16.3 Å². The van der Waals surface area contributed by atoms with E-state index in [2.05, 4.69) is 4.98 Å². The molecule has 20 heavy (non-hydrogen) atoms. The molecular formula is C17H13NO2. The first-order chi connectivity index (χ1) is 9.84. The van der Waals surface area contributed by atoms with Gasteiger partial charge in [-0.05, 0) is 28.5 Å². The molecule has 0 amide bonds. The summed E-state index contributed by atoms with van der Waals surface area (Å²) in [6.45, 7) is 0.259. The minimum Gasteiger partial charge on any atom is -0.457 e. The van der Waals surface area contributed by atoms with Crippen LogP contribution in [0.4, 0.5) is 0 Å². The number of ether oxygens (including phenoxy) is 1. The van der Waals surface area contributed by atoms with Crippen molar-refractivity contribution in [3.63, 3.8) is 0 Å². The first-order valence-corrected chi connectivity index (χ1v) is 6.38. The fourth-order valence-electron chi connectivity index (χ4n) is 2.13. The third kappa shape index (κ3) is 2.52. The van der Waals surface area contributed by atoms with Gasteiger partial charge in [-0.3, -0.25) is 4.98 Å². The molecule has 0 fully saturated rings. The highest BCUT2D eigenvalue weighted by molar-refractivity contribution is 5.89. The molecule has 3 aromatic rings. The van der Waals surface area contributed by atoms with Gasteiger partial charge in [-0.15, -0.1) is 0 Å². The van der Waals surface area contributed by atoms with Gasteiger partial charge in [0.05, 0.1) is 5.56 Å². The molecule has 1 heterocycles. The molecule has 1 aromatic heterocycles. The number of carbonyl (C=O) groups excluding carboxylic acids is 1. The number of nitrogens with zero attached hydrogens (tertiary/aromatic N) is 1. The summed E-state index contributed by atoms with van der Waals surface area (Å²) in [6.07, 6.45) is 3.13. The van der Waals surface area contributed by atoms with Gasteiger partial charge in [0.15, 0.2) is 0 Å². The van der Waals surface area contributed by atoms with E-state index in [4.69, 9.17) is 4.74 Å². The molecule has 0 bridgehead atoms. The molecule has 0 saturated heterocycles. The van der Waals surface area contributed by atoms with E-state index in [0.29, 0.717) is 5.56 Å². The van der Waals surface area contributed by atoms with E-state index >= 15 is 0 Å². The first kappa shape index (κ1) is 12.4. The smallest absolute Gasteiger partial charge is 0.340 e. The molecular weight excluding hydrogens is 250 g/mol. The zero-order valence-corrected chi connectivity index (χ0v) is 10.8. The van der Waals surface area contributed by atoms with Crippen molar-refractivity contribution in [1.82, 2.24) is 4.98 Å². The Morgan fingerprint density at radius 1 is 1.00 bits per heavy atom. The zero-order valence-electron chi connectivity index (χ0n) is 10.8. The summed E-state index contributed by atoms with van der Waals surface area (Å²) in [5, 5.41) is 2.25. The lowest BCUT2D eigenvalue weighted by Crippen LogP contribution is -2.05. The molecule has 0 radical (unpaired) electrons. The van der Waals surface area contributed by atoms with Gasteiger partial charge in [-0.1, -0.05) is 42.5 Å². The highest BCUT2D eigenvalue weighted by atomic mass is 16.5. The van der Waals surface area contributed by atoms with Gasteiger partial charge in [-0.25, -0.2) is 4.79 Å². The number of aromatic nitrogens is 1. The topological polar surface area (TPSA) is 39.2 Å². The maximum Gasteiger partial charge on any atom is 0.340 e. The van der Waals surface area contributed by atoms with Crippen LogP contribution in [0.2, 0.25) is 0 Å². The summed E-state index contributed by atoms with van der Waals surface area (Å²) >= 11 is 0. The number of hydrogen-bond donors (Lipinski definition) is 0. The molecule has 0 aliphatic rings. The van der Waals surface area contributed by atoms with Crippen molar-refractivity contribution < 1.29 is 9.53 Å². The predicted molar refractivity (Wildman–Crippen MR) is 77.3 cm³/mol. The molecule has 3 nitrogen and oxygen atoms in total. The quantitative estimate of drug-likeness (QED) is 0.678. The van der Waals surface area contributed by atoms with E-state index in [9.17, 15) is 4.79 Å². The molecule has 3 heteroatoms. The highest BCUT2D eigenvalue weighted by Crippen LogP contribution is 2.19. The summed E-state index contributed by atoms with van der Waals surface area (Å²) in [5.74, 6) is -0.356. The maximum atomic E-state index is 11.9. The van der Waals surface area contributed by atoms with E-state index in [1.54, 1.807) is 18.3 Å². The average Bonchev–Trinajstić information content (AvgIpc) is 2.53. The molecule has 3 rings (SSSR count). The van der Waals surface area contributed by atoms with Gasteiger partial charge in [0, 0.05) is 12.4 Å². The van der Waals surface area contributed by atoms with Gasteiger partial charge < -0.3 is 4.74 Å². The Kier molecular flexibility index (Phi) is 3.42. The third-order valence-corrected chi connectivity index (χ3v) is 3.14. The summed E-state index contributed by atoms with van der Waals surface area (Å²) in [4.78, 5) is 15.8. The van der Waals surface area contributed by atoms with Gasteiger partial charge in [0.2, 0.25) is 0 Å². The van der Waals surface area contributed by atoms with Gasteiger partial charge in [-0.2, -0.15) is 0 Å². The van der Waals surface area contributed by atoms with Crippen LogP contribution in [-0.2, 0) is 11.3 Å². The van der Waals surface area contributed by atoms with Crippen LogP contribution >= 0.6 is 0 Å². The predicted octanol–water partition coefficient (Wildman–Crippen LogP) is 3.59. The van der Waals surface area contributed by atoms with Crippen LogP contribution in [0.3, 0.4) is 0 Å². The monoisotopic (exact) mass is 263 g/mol. The second-order valence-corrected chi connectivity index (χ2v) is 4.46. The normalized spacial score (nSPS) is 10.4. The number of esters is 1. The summed E-state index contributed by atoms with van der Waals surface area (Å²) < 4.78 is 5.34. The number of pyridine rings is 1. The van der Waals surface area contributed by atoms with E-state index in [1.807, 2.05) is 42.5 Å². The Labute approximate surface area is 116 Å². The molecule has 98 valence electrons. The minimum atomic E-state index is -0.356. The van der Waals surface area contributed by atoms with Gasteiger partial charge in [0.25, 0.3) is 0 Å². The van der Waals surface area contributed by atoms with Crippen molar-refractivity contribution in [2.45, 2.75) is 6.61 Å². The van der Waals surface area contributed by atoms with E-state index < -0.39 is 0 Å². The summed E-state index contributed by atoms with van der Waals surface area (Å²) in [5.41, 5.74) is 1.47. The standard InChI is InChI=1S/C17H13NO2/c19-17(14-8-4-10-18-11-14)20-12-15-7-3-6-13-5-1-2-9-16(13)15/h1-11H,12H2. The van der Waals surface area contributed by atoms with E-state index in [1.165, 1.54) is 6.20 Å². The molecule has 0 spiro atoms. The largest absolute Gasteiger partial charge is 0.457 e. The Bertz CT molecular complexity index is 733. The van der Waals surface area contributed by atoms with Crippen LogP contribution in [0.15, 0.2) is 67.0 Å². The van der Waals surface area contributed by atoms with E-state index in [-0.39, 0.29) is 12.6 Å².